The number of hydrogen-bond donors (Lipinski definition) is 1. The van der Waals surface area contributed by atoms with Crippen LogP contribution in [0.4, 0.5) is 0 Å². The molecule has 2 aromatic rings. The molecule has 1 aromatic carbocycles. The summed E-state index contributed by atoms with van der Waals surface area (Å²) in [4.78, 5) is 0. The second kappa shape index (κ2) is 5.70. The molecule has 2 rings (SSSR count). The van der Waals surface area contributed by atoms with Crippen LogP contribution in [0.1, 0.15) is 26.5 Å². The Kier molecular flexibility index (Phi) is 4.39. The summed E-state index contributed by atoms with van der Waals surface area (Å²) in [5, 5.41) is 4.07. The quantitative estimate of drug-likeness (QED) is 0.824. The van der Waals surface area contributed by atoms with Crippen molar-refractivity contribution in [3.05, 3.63) is 45.6 Å². The van der Waals surface area contributed by atoms with Gasteiger partial charge < -0.3 is 9.73 Å². The average Bonchev–Trinajstić information content (AvgIpc) is 2.74. The molecule has 0 saturated carbocycles. The van der Waals surface area contributed by atoms with Crippen LogP contribution in [-0.4, -0.2) is 5.54 Å². The monoisotopic (exact) mass is 341 g/mol. The first-order valence-electron chi connectivity index (χ1n) is 6.14. The Morgan fingerprint density at radius 3 is 2.58 bits per heavy atom. The Hall–Kier alpha value is -0.770. The van der Waals surface area contributed by atoms with Crippen molar-refractivity contribution in [3.63, 3.8) is 0 Å². The summed E-state index contributed by atoms with van der Waals surface area (Å²) in [5.74, 6) is 1.70. The van der Waals surface area contributed by atoms with Gasteiger partial charge in [0.25, 0.3) is 0 Å². The van der Waals surface area contributed by atoms with Crippen LogP contribution in [0.3, 0.4) is 0 Å². The van der Waals surface area contributed by atoms with Crippen LogP contribution in [0.15, 0.2) is 39.2 Å². The van der Waals surface area contributed by atoms with Gasteiger partial charge in [-0.15, -0.1) is 0 Å². The second-order valence-corrected chi connectivity index (χ2v) is 6.82. The minimum Gasteiger partial charge on any atom is -0.460 e. The molecule has 0 bridgehead atoms. The van der Waals surface area contributed by atoms with E-state index in [0.29, 0.717) is 11.6 Å². The molecule has 0 unspecified atom stereocenters. The van der Waals surface area contributed by atoms with Crippen molar-refractivity contribution in [1.29, 1.82) is 0 Å². The lowest BCUT2D eigenvalue weighted by Gasteiger charge is -2.19. The predicted octanol–water partition coefficient (Wildman–Crippen LogP) is 5.25. The Morgan fingerprint density at radius 2 is 1.95 bits per heavy atom. The van der Waals surface area contributed by atoms with E-state index in [9.17, 15) is 0 Å². The summed E-state index contributed by atoms with van der Waals surface area (Å²) in [5.41, 5.74) is 0.981. The van der Waals surface area contributed by atoms with Crippen LogP contribution in [0, 0.1) is 0 Å². The van der Waals surface area contributed by atoms with Crippen molar-refractivity contribution >= 4 is 27.5 Å². The standard InChI is InChI=1S/C15H17BrClNO/c1-15(2,3)18-9-11-5-7-14(19-11)12-6-4-10(16)8-13(12)17/h4-8,18H,9H2,1-3H3. The number of furan rings is 1. The molecule has 0 atom stereocenters. The third kappa shape index (κ3) is 4.10. The maximum absolute atomic E-state index is 6.22. The minimum atomic E-state index is 0.0716. The van der Waals surface area contributed by atoms with Crippen LogP contribution in [0.5, 0.6) is 0 Å². The number of rotatable bonds is 3. The molecule has 4 heteroatoms. The minimum absolute atomic E-state index is 0.0716. The molecule has 0 radical (unpaired) electrons. The smallest absolute Gasteiger partial charge is 0.135 e. The average molecular weight is 343 g/mol. The largest absolute Gasteiger partial charge is 0.460 e. The van der Waals surface area contributed by atoms with Crippen molar-refractivity contribution in [2.24, 2.45) is 0 Å². The number of benzene rings is 1. The Labute approximate surface area is 127 Å². The maximum atomic E-state index is 6.22. The molecule has 0 aliphatic heterocycles. The third-order valence-corrected chi connectivity index (χ3v) is 3.46. The van der Waals surface area contributed by atoms with Gasteiger partial charge in [-0.1, -0.05) is 27.5 Å². The van der Waals surface area contributed by atoms with Gasteiger partial charge >= 0.3 is 0 Å². The van der Waals surface area contributed by atoms with E-state index in [1.165, 1.54) is 0 Å². The number of nitrogens with one attached hydrogen (secondary N) is 1. The van der Waals surface area contributed by atoms with E-state index in [4.69, 9.17) is 16.0 Å². The SMILES string of the molecule is CC(C)(C)NCc1ccc(-c2ccc(Br)cc2Cl)o1. The zero-order valence-corrected chi connectivity index (χ0v) is 13.6. The van der Waals surface area contributed by atoms with Gasteiger partial charge in [-0.2, -0.15) is 0 Å². The van der Waals surface area contributed by atoms with Crippen molar-refractivity contribution < 1.29 is 4.42 Å². The molecule has 1 N–H and O–H groups in total. The fourth-order valence-electron chi connectivity index (χ4n) is 1.66. The van der Waals surface area contributed by atoms with E-state index in [0.717, 1.165) is 21.6 Å². The molecule has 0 aliphatic carbocycles. The van der Waals surface area contributed by atoms with Crippen LogP contribution < -0.4 is 5.32 Å². The van der Waals surface area contributed by atoms with E-state index in [-0.39, 0.29) is 5.54 Å². The van der Waals surface area contributed by atoms with Crippen molar-refractivity contribution in [2.45, 2.75) is 32.9 Å². The van der Waals surface area contributed by atoms with E-state index in [1.807, 2.05) is 30.3 Å². The molecule has 0 fully saturated rings. The second-order valence-electron chi connectivity index (χ2n) is 5.49. The summed E-state index contributed by atoms with van der Waals surface area (Å²) in [6, 6.07) is 9.71. The van der Waals surface area contributed by atoms with Gasteiger partial charge in [0.1, 0.15) is 11.5 Å². The molecule has 0 saturated heterocycles. The van der Waals surface area contributed by atoms with Gasteiger partial charge in [-0.05, 0) is 51.1 Å². The van der Waals surface area contributed by atoms with E-state index in [1.54, 1.807) is 0 Å². The third-order valence-electron chi connectivity index (χ3n) is 2.65. The summed E-state index contributed by atoms with van der Waals surface area (Å²) in [6.07, 6.45) is 0. The van der Waals surface area contributed by atoms with Crippen LogP contribution in [0.2, 0.25) is 5.02 Å². The maximum Gasteiger partial charge on any atom is 0.135 e. The molecule has 0 aliphatic rings. The molecule has 0 amide bonds. The molecular weight excluding hydrogens is 326 g/mol. The van der Waals surface area contributed by atoms with Crippen LogP contribution in [-0.2, 0) is 6.54 Å². The lowest BCUT2D eigenvalue weighted by molar-refractivity contribution is 0.391. The summed E-state index contributed by atoms with van der Waals surface area (Å²) in [7, 11) is 0. The highest BCUT2D eigenvalue weighted by Gasteiger charge is 2.12. The van der Waals surface area contributed by atoms with Gasteiger partial charge in [0.2, 0.25) is 0 Å². The first-order chi connectivity index (χ1) is 8.85. The highest BCUT2D eigenvalue weighted by molar-refractivity contribution is 9.10. The van der Waals surface area contributed by atoms with Gasteiger partial charge in [0, 0.05) is 15.6 Å². The molecule has 19 heavy (non-hydrogen) atoms. The summed E-state index contributed by atoms with van der Waals surface area (Å²) in [6.45, 7) is 7.09. The van der Waals surface area contributed by atoms with Crippen LogP contribution in [0.25, 0.3) is 11.3 Å². The lowest BCUT2D eigenvalue weighted by Crippen LogP contribution is -2.34. The topological polar surface area (TPSA) is 25.2 Å². The predicted molar refractivity (Wildman–Crippen MR) is 83.4 cm³/mol. The zero-order chi connectivity index (χ0) is 14.0. The Morgan fingerprint density at radius 1 is 1.21 bits per heavy atom. The lowest BCUT2D eigenvalue weighted by atomic mass is 10.1. The molecule has 1 aromatic heterocycles. The van der Waals surface area contributed by atoms with Gasteiger partial charge in [-0.25, -0.2) is 0 Å². The summed E-state index contributed by atoms with van der Waals surface area (Å²) < 4.78 is 6.78. The van der Waals surface area contributed by atoms with Crippen molar-refractivity contribution in [2.75, 3.05) is 0 Å². The zero-order valence-electron chi connectivity index (χ0n) is 11.3. The summed E-state index contributed by atoms with van der Waals surface area (Å²) >= 11 is 9.61. The number of hydrogen-bond acceptors (Lipinski definition) is 2. The highest BCUT2D eigenvalue weighted by Crippen LogP contribution is 2.31. The highest BCUT2D eigenvalue weighted by atomic mass is 79.9. The molecule has 1 heterocycles. The molecule has 0 spiro atoms. The molecular formula is C15H17BrClNO. The number of halogens is 2. The van der Waals surface area contributed by atoms with Crippen molar-refractivity contribution in [3.8, 4) is 11.3 Å². The fraction of sp³-hybridized carbons (Fsp3) is 0.333. The normalized spacial score (nSPS) is 11.8. The first kappa shape index (κ1) is 14.6. The Bertz CT molecular complexity index is 572. The molecule has 2 nitrogen and oxygen atoms in total. The first-order valence-corrected chi connectivity index (χ1v) is 7.31. The van der Waals surface area contributed by atoms with E-state index >= 15 is 0 Å². The Balaban J connectivity index is 2.16. The van der Waals surface area contributed by atoms with E-state index in [2.05, 4.69) is 42.0 Å². The van der Waals surface area contributed by atoms with Gasteiger partial charge in [0.15, 0.2) is 0 Å². The van der Waals surface area contributed by atoms with Gasteiger partial charge in [-0.3, -0.25) is 0 Å². The van der Waals surface area contributed by atoms with E-state index < -0.39 is 0 Å². The van der Waals surface area contributed by atoms with Crippen molar-refractivity contribution in [1.82, 2.24) is 5.32 Å². The fourth-order valence-corrected chi connectivity index (χ4v) is 2.43. The van der Waals surface area contributed by atoms with Crippen LogP contribution >= 0.6 is 27.5 Å². The van der Waals surface area contributed by atoms with Gasteiger partial charge in [0.05, 0.1) is 11.6 Å². The molecule has 102 valence electrons.